The minimum Gasteiger partial charge on any atom is -0.326 e. The maximum absolute atomic E-state index is 13.0. The summed E-state index contributed by atoms with van der Waals surface area (Å²) in [4.78, 5) is 13.1. The van der Waals surface area contributed by atoms with Gasteiger partial charge in [-0.25, -0.2) is 8.42 Å². The summed E-state index contributed by atoms with van der Waals surface area (Å²) in [5, 5.41) is 0. The molecule has 0 aromatic heterocycles. The van der Waals surface area contributed by atoms with E-state index in [0.717, 1.165) is 5.56 Å². The van der Waals surface area contributed by atoms with E-state index in [1.54, 1.807) is 19.2 Å². The third-order valence-corrected chi connectivity index (χ3v) is 6.74. The fourth-order valence-corrected chi connectivity index (χ4v) is 4.72. The molecule has 0 unspecified atom stereocenters. The van der Waals surface area contributed by atoms with Crippen molar-refractivity contribution in [1.82, 2.24) is 4.31 Å². The molecule has 0 aliphatic carbocycles. The number of nitrogens with zero attached hydrogens (tertiary/aromatic N) is 2. The molecule has 0 spiro atoms. The number of rotatable bonds is 4. The molecule has 2 atom stereocenters. The summed E-state index contributed by atoms with van der Waals surface area (Å²) in [5.41, 5.74) is 7.92. The highest BCUT2D eigenvalue weighted by atomic mass is 32.2. The molecular weight excluding hydrogens is 350 g/mol. The van der Waals surface area contributed by atoms with Gasteiger partial charge >= 0.3 is 0 Å². The lowest BCUT2D eigenvalue weighted by atomic mass is 9.95. The van der Waals surface area contributed by atoms with Crippen molar-refractivity contribution in [3.8, 4) is 0 Å². The first-order chi connectivity index (χ1) is 12.3. The summed E-state index contributed by atoms with van der Waals surface area (Å²) in [7, 11) is -1.98. The summed E-state index contributed by atoms with van der Waals surface area (Å²) in [6.45, 7) is 2.11. The van der Waals surface area contributed by atoms with Crippen LogP contribution in [0.25, 0.3) is 0 Å². The molecule has 2 aromatic carbocycles. The van der Waals surface area contributed by atoms with Gasteiger partial charge in [-0.1, -0.05) is 30.3 Å². The molecule has 26 heavy (non-hydrogen) atoms. The third kappa shape index (κ3) is 3.51. The second-order valence-electron chi connectivity index (χ2n) is 6.57. The molecule has 1 aliphatic heterocycles. The van der Waals surface area contributed by atoms with E-state index < -0.39 is 10.0 Å². The normalized spacial score (nSPS) is 20.9. The molecule has 1 fully saturated rings. The summed E-state index contributed by atoms with van der Waals surface area (Å²) >= 11 is 0. The second kappa shape index (κ2) is 7.19. The molecule has 2 aromatic rings. The first kappa shape index (κ1) is 18.6. The predicted molar refractivity (Wildman–Crippen MR) is 101 cm³/mol. The Labute approximate surface area is 154 Å². The van der Waals surface area contributed by atoms with Crippen LogP contribution in [-0.4, -0.2) is 44.8 Å². The van der Waals surface area contributed by atoms with Crippen LogP contribution in [0.3, 0.4) is 0 Å². The Hall–Kier alpha value is -2.22. The highest BCUT2D eigenvalue weighted by molar-refractivity contribution is 7.89. The van der Waals surface area contributed by atoms with E-state index in [1.807, 2.05) is 30.3 Å². The van der Waals surface area contributed by atoms with Gasteiger partial charge in [0.15, 0.2) is 0 Å². The smallest absolute Gasteiger partial charge is 0.243 e. The van der Waals surface area contributed by atoms with E-state index in [2.05, 4.69) is 0 Å². The lowest BCUT2D eigenvalue weighted by Crippen LogP contribution is -2.32. The van der Waals surface area contributed by atoms with Gasteiger partial charge in [-0.2, -0.15) is 4.31 Å². The van der Waals surface area contributed by atoms with Gasteiger partial charge in [0.25, 0.3) is 0 Å². The lowest BCUT2D eigenvalue weighted by molar-refractivity contribution is -0.116. The van der Waals surface area contributed by atoms with E-state index >= 15 is 0 Å². The SMILES string of the molecule is CC(=O)N(C)c1ccc(S(=O)(=O)N2C[C@@H](N)[C@H](c3ccccc3)C2)cc1. The second-order valence-corrected chi connectivity index (χ2v) is 8.51. The Balaban J connectivity index is 1.81. The van der Waals surface area contributed by atoms with E-state index in [0.29, 0.717) is 12.2 Å². The molecule has 0 saturated carbocycles. The fourth-order valence-electron chi connectivity index (χ4n) is 3.21. The van der Waals surface area contributed by atoms with E-state index in [4.69, 9.17) is 5.73 Å². The number of carbonyl (C=O) groups is 1. The Bertz CT molecular complexity index is 882. The molecule has 2 N–H and O–H groups in total. The summed E-state index contributed by atoms with van der Waals surface area (Å²) < 4.78 is 27.4. The maximum Gasteiger partial charge on any atom is 0.243 e. The van der Waals surface area contributed by atoms with Gasteiger partial charge in [-0.3, -0.25) is 4.79 Å². The zero-order valence-electron chi connectivity index (χ0n) is 14.9. The molecule has 138 valence electrons. The van der Waals surface area contributed by atoms with Crippen molar-refractivity contribution >= 4 is 21.6 Å². The van der Waals surface area contributed by atoms with Crippen molar-refractivity contribution in [3.05, 3.63) is 60.2 Å². The minimum atomic E-state index is -3.63. The van der Waals surface area contributed by atoms with Crippen LogP contribution in [0.4, 0.5) is 5.69 Å². The number of carbonyl (C=O) groups excluding carboxylic acids is 1. The largest absolute Gasteiger partial charge is 0.326 e. The summed E-state index contributed by atoms with van der Waals surface area (Å²) in [6, 6.07) is 15.9. The van der Waals surface area contributed by atoms with Crippen LogP contribution in [0.2, 0.25) is 0 Å². The number of anilines is 1. The van der Waals surface area contributed by atoms with Crippen molar-refractivity contribution in [2.24, 2.45) is 5.73 Å². The van der Waals surface area contributed by atoms with Crippen LogP contribution in [0.1, 0.15) is 18.4 Å². The van der Waals surface area contributed by atoms with Gasteiger partial charge in [0.1, 0.15) is 0 Å². The van der Waals surface area contributed by atoms with E-state index in [1.165, 1.54) is 28.3 Å². The molecule has 7 heteroatoms. The number of hydrogen-bond donors (Lipinski definition) is 1. The Kier molecular flexibility index (Phi) is 5.13. The highest BCUT2D eigenvalue weighted by Crippen LogP contribution is 2.31. The van der Waals surface area contributed by atoms with Crippen LogP contribution < -0.4 is 10.6 Å². The van der Waals surface area contributed by atoms with Crippen molar-refractivity contribution in [3.63, 3.8) is 0 Å². The highest BCUT2D eigenvalue weighted by Gasteiger charge is 2.38. The van der Waals surface area contributed by atoms with Crippen LogP contribution in [0.5, 0.6) is 0 Å². The van der Waals surface area contributed by atoms with Gasteiger partial charge in [-0.05, 0) is 29.8 Å². The number of sulfonamides is 1. The standard InChI is InChI=1S/C19H23N3O3S/c1-14(23)21(2)16-8-10-17(11-9-16)26(24,25)22-12-18(19(20)13-22)15-6-4-3-5-7-15/h3-11,18-19H,12-13,20H2,1-2H3/t18-,19+/m0/s1. The molecule has 1 heterocycles. The van der Waals surface area contributed by atoms with Gasteiger partial charge in [0.2, 0.25) is 15.9 Å². The Morgan fingerprint density at radius 2 is 1.69 bits per heavy atom. The van der Waals surface area contributed by atoms with Crippen LogP contribution in [-0.2, 0) is 14.8 Å². The maximum atomic E-state index is 13.0. The topological polar surface area (TPSA) is 83.7 Å². The Morgan fingerprint density at radius 1 is 1.08 bits per heavy atom. The first-order valence-corrected chi connectivity index (χ1v) is 9.89. The molecule has 0 radical (unpaired) electrons. The molecule has 1 aliphatic rings. The molecule has 0 bridgehead atoms. The van der Waals surface area contributed by atoms with E-state index in [9.17, 15) is 13.2 Å². The van der Waals surface area contributed by atoms with Gasteiger partial charge in [0.05, 0.1) is 4.90 Å². The summed E-state index contributed by atoms with van der Waals surface area (Å²) in [5.74, 6) is -0.133. The van der Waals surface area contributed by atoms with Crippen molar-refractivity contribution < 1.29 is 13.2 Å². The first-order valence-electron chi connectivity index (χ1n) is 8.45. The number of benzene rings is 2. The summed E-state index contributed by atoms with van der Waals surface area (Å²) in [6.07, 6.45) is 0. The zero-order valence-corrected chi connectivity index (χ0v) is 15.7. The fraction of sp³-hybridized carbons (Fsp3) is 0.316. The van der Waals surface area contributed by atoms with Crippen molar-refractivity contribution in [1.29, 1.82) is 0 Å². The number of amides is 1. The number of hydrogen-bond acceptors (Lipinski definition) is 4. The quantitative estimate of drug-likeness (QED) is 0.885. The minimum absolute atomic E-state index is 0.0194. The molecule has 6 nitrogen and oxygen atoms in total. The molecule has 1 saturated heterocycles. The van der Waals surface area contributed by atoms with Crippen molar-refractivity contribution in [2.45, 2.75) is 23.8 Å². The van der Waals surface area contributed by atoms with Crippen LogP contribution >= 0.6 is 0 Å². The van der Waals surface area contributed by atoms with Crippen LogP contribution in [0, 0.1) is 0 Å². The Morgan fingerprint density at radius 3 is 2.27 bits per heavy atom. The number of nitrogens with two attached hydrogens (primary N) is 1. The predicted octanol–water partition coefficient (Wildman–Crippen LogP) is 1.78. The average molecular weight is 373 g/mol. The van der Waals surface area contributed by atoms with Gasteiger partial charge < -0.3 is 10.6 Å². The average Bonchev–Trinajstić information content (AvgIpc) is 3.04. The van der Waals surface area contributed by atoms with Gasteiger partial charge in [0, 0.05) is 44.7 Å². The van der Waals surface area contributed by atoms with Gasteiger partial charge in [-0.15, -0.1) is 0 Å². The third-order valence-electron chi connectivity index (χ3n) is 4.89. The lowest BCUT2D eigenvalue weighted by Gasteiger charge is -2.18. The van der Waals surface area contributed by atoms with E-state index in [-0.39, 0.29) is 29.3 Å². The molecule has 3 rings (SSSR count). The zero-order chi connectivity index (χ0) is 18.9. The van der Waals surface area contributed by atoms with Crippen LogP contribution in [0.15, 0.2) is 59.5 Å². The van der Waals surface area contributed by atoms with Crippen molar-refractivity contribution in [2.75, 3.05) is 25.0 Å². The molecule has 1 amide bonds. The monoisotopic (exact) mass is 373 g/mol. The molecular formula is C19H23N3O3S.